The highest BCUT2D eigenvalue weighted by Gasteiger charge is 2.27. The van der Waals surface area contributed by atoms with E-state index in [4.69, 9.17) is 10.5 Å². The topological polar surface area (TPSA) is 119 Å². The Morgan fingerprint density at radius 2 is 1.86 bits per heavy atom. The Morgan fingerprint density at radius 1 is 1.10 bits per heavy atom. The van der Waals surface area contributed by atoms with Crippen LogP contribution in [0, 0.1) is 5.92 Å². The molecule has 8 heteroatoms. The second-order valence-corrected chi connectivity index (χ2v) is 6.99. The van der Waals surface area contributed by atoms with E-state index in [-0.39, 0.29) is 24.9 Å². The highest BCUT2D eigenvalue weighted by atomic mass is 16.5. The number of ether oxygens (including phenoxy) is 1. The molecule has 152 valence electrons. The lowest BCUT2D eigenvalue weighted by Gasteiger charge is -2.31. The minimum atomic E-state index is -0.712. The molecule has 0 saturated carbocycles. The summed E-state index contributed by atoms with van der Waals surface area (Å²) >= 11 is 0. The first kappa shape index (κ1) is 20.3. The van der Waals surface area contributed by atoms with Gasteiger partial charge in [0.2, 0.25) is 5.91 Å². The van der Waals surface area contributed by atoms with Gasteiger partial charge >= 0.3 is 5.97 Å². The highest BCUT2D eigenvalue weighted by Crippen LogP contribution is 2.16. The van der Waals surface area contributed by atoms with Gasteiger partial charge in [0.25, 0.3) is 11.8 Å². The Hall–Kier alpha value is -3.42. The molecule has 0 radical (unpaired) electrons. The Labute approximate surface area is 168 Å². The van der Waals surface area contributed by atoms with Crippen molar-refractivity contribution in [1.29, 1.82) is 0 Å². The predicted molar refractivity (Wildman–Crippen MR) is 106 cm³/mol. The van der Waals surface area contributed by atoms with Gasteiger partial charge in [0.15, 0.2) is 6.61 Å². The lowest BCUT2D eigenvalue weighted by Crippen LogP contribution is -2.45. The third-order valence-electron chi connectivity index (χ3n) is 4.94. The lowest BCUT2D eigenvalue weighted by atomic mass is 9.97. The summed E-state index contributed by atoms with van der Waals surface area (Å²) in [7, 11) is 0. The van der Waals surface area contributed by atoms with Crippen molar-refractivity contribution in [2.45, 2.75) is 12.8 Å². The van der Waals surface area contributed by atoms with E-state index < -0.39 is 24.4 Å². The first-order valence-electron chi connectivity index (χ1n) is 9.44. The number of primary amides is 1. The van der Waals surface area contributed by atoms with Crippen LogP contribution in [-0.2, 0) is 19.1 Å². The molecule has 0 aliphatic carbocycles. The first-order valence-corrected chi connectivity index (χ1v) is 9.44. The highest BCUT2D eigenvalue weighted by molar-refractivity contribution is 5.99. The maximum Gasteiger partial charge on any atom is 0.325 e. The van der Waals surface area contributed by atoms with Gasteiger partial charge in [-0.05, 0) is 35.7 Å². The average Bonchev–Trinajstić information content (AvgIpc) is 2.75. The van der Waals surface area contributed by atoms with E-state index in [9.17, 15) is 19.2 Å². The standard InChI is InChI=1S/C21H23N3O5/c22-20(27)17-6-3-9-24(12-17)18(25)13-29-19(26)11-23-21(28)16-8-7-14-4-1-2-5-15(14)10-16/h1-2,4-5,7-8,10,17H,3,6,9,11-13H2,(H2,22,27)(H,23,28)/t17-/m0/s1. The molecule has 1 saturated heterocycles. The van der Waals surface area contributed by atoms with Gasteiger partial charge in [0.1, 0.15) is 6.54 Å². The summed E-state index contributed by atoms with van der Waals surface area (Å²) in [4.78, 5) is 49.0. The molecule has 1 aliphatic rings. The molecule has 0 spiro atoms. The van der Waals surface area contributed by atoms with Crippen molar-refractivity contribution in [3.05, 3.63) is 48.0 Å². The van der Waals surface area contributed by atoms with Crippen LogP contribution >= 0.6 is 0 Å². The number of piperidine rings is 1. The molecule has 8 nitrogen and oxygen atoms in total. The number of carbonyl (C=O) groups is 4. The molecule has 1 fully saturated rings. The monoisotopic (exact) mass is 397 g/mol. The Morgan fingerprint density at radius 3 is 2.62 bits per heavy atom. The zero-order valence-electron chi connectivity index (χ0n) is 15.9. The molecule has 1 heterocycles. The van der Waals surface area contributed by atoms with Crippen LogP contribution in [-0.4, -0.2) is 54.8 Å². The van der Waals surface area contributed by atoms with Gasteiger partial charge in [0.05, 0.1) is 5.92 Å². The second kappa shape index (κ2) is 9.18. The number of esters is 1. The van der Waals surface area contributed by atoms with Gasteiger partial charge in [-0.15, -0.1) is 0 Å². The first-order chi connectivity index (χ1) is 13.9. The van der Waals surface area contributed by atoms with Crippen molar-refractivity contribution >= 4 is 34.5 Å². The van der Waals surface area contributed by atoms with Gasteiger partial charge in [0, 0.05) is 18.7 Å². The number of carbonyl (C=O) groups excluding carboxylic acids is 4. The maximum absolute atomic E-state index is 12.2. The fourth-order valence-electron chi connectivity index (χ4n) is 3.31. The molecule has 0 aromatic heterocycles. The van der Waals surface area contributed by atoms with Crippen molar-refractivity contribution in [3.63, 3.8) is 0 Å². The number of hydrogen-bond acceptors (Lipinski definition) is 5. The van der Waals surface area contributed by atoms with Gasteiger partial charge in [-0.25, -0.2) is 0 Å². The number of rotatable bonds is 6. The summed E-state index contributed by atoms with van der Waals surface area (Å²) in [5, 5.41) is 4.42. The van der Waals surface area contributed by atoms with Crippen LogP contribution < -0.4 is 11.1 Å². The predicted octanol–water partition coefficient (Wildman–Crippen LogP) is 0.837. The number of benzene rings is 2. The van der Waals surface area contributed by atoms with E-state index in [0.717, 1.165) is 10.8 Å². The third-order valence-corrected chi connectivity index (χ3v) is 4.94. The maximum atomic E-state index is 12.2. The molecule has 29 heavy (non-hydrogen) atoms. The van der Waals surface area contributed by atoms with E-state index in [1.165, 1.54) is 4.90 Å². The Balaban J connectivity index is 1.45. The van der Waals surface area contributed by atoms with Gasteiger partial charge in [-0.2, -0.15) is 0 Å². The number of fused-ring (bicyclic) bond motifs is 1. The van der Waals surface area contributed by atoms with Crippen molar-refractivity contribution in [2.75, 3.05) is 26.2 Å². The summed E-state index contributed by atoms with van der Waals surface area (Å²) in [5.74, 6) is -2.30. The summed E-state index contributed by atoms with van der Waals surface area (Å²) in [6.07, 6.45) is 1.33. The molecular formula is C21H23N3O5. The van der Waals surface area contributed by atoms with Gasteiger partial charge in [-0.3, -0.25) is 19.2 Å². The molecule has 2 aromatic carbocycles. The number of nitrogens with two attached hydrogens (primary N) is 1. The van der Waals surface area contributed by atoms with Crippen molar-refractivity contribution in [3.8, 4) is 0 Å². The molecule has 1 atom stereocenters. The number of amides is 3. The number of nitrogens with one attached hydrogen (secondary N) is 1. The summed E-state index contributed by atoms with van der Waals surface area (Å²) in [6.45, 7) is -0.0394. The molecular weight excluding hydrogens is 374 g/mol. The van der Waals surface area contributed by atoms with Crippen LogP contribution in [0.25, 0.3) is 10.8 Å². The normalized spacial score (nSPS) is 16.3. The minimum Gasteiger partial charge on any atom is -0.454 e. The van der Waals surface area contributed by atoms with Crippen LogP contribution in [0.3, 0.4) is 0 Å². The largest absolute Gasteiger partial charge is 0.454 e. The van der Waals surface area contributed by atoms with E-state index in [0.29, 0.717) is 24.9 Å². The SMILES string of the molecule is NC(=O)[C@H]1CCCN(C(=O)COC(=O)CNC(=O)c2ccc3ccccc3c2)C1. The Bertz CT molecular complexity index is 943. The van der Waals surface area contributed by atoms with Crippen LogP contribution in [0.4, 0.5) is 0 Å². The van der Waals surface area contributed by atoms with Crippen LogP contribution in [0.2, 0.25) is 0 Å². The molecule has 1 aliphatic heterocycles. The van der Waals surface area contributed by atoms with Gasteiger partial charge in [-0.1, -0.05) is 30.3 Å². The fourth-order valence-corrected chi connectivity index (χ4v) is 3.31. The third kappa shape index (κ3) is 5.31. The second-order valence-electron chi connectivity index (χ2n) is 6.99. The van der Waals surface area contributed by atoms with E-state index >= 15 is 0 Å². The zero-order valence-corrected chi connectivity index (χ0v) is 15.9. The fraction of sp³-hybridized carbons (Fsp3) is 0.333. The summed E-state index contributed by atoms with van der Waals surface area (Å²) in [5.41, 5.74) is 5.72. The van der Waals surface area contributed by atoms with E-state index in [1.807, 2.05) is 30.3 Å². The number of nitrogens with zero attached hydrogens (tertiary/aromatic N) is 1. The zero-order chi connectivity index (χ0) is 20.8. The summed E-state index contributed by atoms with van der Waals surface area (Å²) in [6, 6.07) is 12.9. The molecule has 2 aromatic rings. The molecule has 3 rings (SSSR count). The van der Waals surface area contributed by atoms with Crippen LogP contribution in [0.15, 0.2) is 42.5 Å². The van der Waals surface area contributed by atoms with Crippen LogP contribution in [0.1, 0.15) is 23.2 Å². The van der Waals surface area contributed by atoms with Crippen molar-refractivity contribution in [1.82, 2.24) is 10.2 Å². The smallest absolute Gasteiger partial charge is 0.325 e. The number of likely N-dealkylation sites (tertiary alicyclic amines) is 1. The lowest BCUT2D eigenvalue weighted by molar-refractivity contribution is -0.152. The van der Waals surface area contributed by atoms with Crippen LogP contribution in [0.5, 0.6) is 0 Å². The molecule has 3 amide bonds. The minimum absolute atomic E-state index is 0.240. The Kier molecular flexibility index (Phi) is 6.43. The molecule has 0 unspecified atom stereocenters. The van der Waals surface area contributed by atoms with Crippen molar-refractivity contribution < 1.29 is 23.9 Å². The summed E-state index contributed by atoms with van der Waals surface area (Å²) < 4.78 is 4.95. The molecule has 0 bridgehead atoms. The average molecular weight is 397 g/mol. The van der Waals surface area contributed by atoms with Crippen molar-refractivity contribution in [2.24, 2.45) is 11.7 Å². The van der Waals surface area contributed by atoms with Gasteiger partial charge < -0.3 is 20.7 Å². The number of hydrogen-bond donors (Lipinski definition) is 2. The quantitative estimate of drug-likeness (QED) is 0.700. The van der Waals surface area contributed by atoms with E-state index in [2.05, 4.69) is 5.32 Å². The van der Waals surface area contributed by atoms with E-state index in [1.54, 1.807) is 12.1 Å². The molecule has 3 N–H and O–H groups in total.